The number of fused-ring (bicyclic) bond motifs is 1. The molecule has 47 heavy (non-hydrogen) atoms. The van der Waals surface area contributed by atoms with Gasteiger partial charge in [-0.1, -0.05) is 106 Å². The van der Waals surface area contributed by atoms with Crippen LogP contribution in [0.15, 0.2) is 24.3 Å². The molecule has 0 saturated heterocycles. The Balaban J connectivity index is 1.92. The Morgan fingerprint density at radius 3 is 1.96 bits per heavy atom. The summed E-state index contributed by atoms with van der Waals surface area (Å²) in [6, 6.07) is 8.87. The highest BCUT2D eigenvalue weighted by Crippen LogP contribution is 2.40. The van der Waals surface area contributed by atoms with Gasteiger partial charge in [-0.05, 0) is 101 Å². The first-order chi connectivity index (χ1) is 21.8. The summed E-state index contributed by atoms with van der Waals surface area (Å²) in [5.74, 6) is 0.718. The fraction of sp³-hybridized carbons (Fsp3) is 0.628. The molecule has 0 heterocycles. The van der Waals surface area contributed by atoms with Crippen LogP contribution in [0.1, 0.15) is 170 Å². The van der Waals surface area contributed by atoms with Gasteiger partial charge in [0.1, 0.15) is 17.3 Å². The average molecular weight is 643 g/mol. The lowest BCUT2D eigenvalue weighted by atomic mass is 9.70. The predicted molar refractivity (Wildman–Crippen MR) is 195 cm³/mol. The Morgan fingerprint density at radius 2 is 1.47 bits per heavy atom. The highest BCUT2D eigenvalue weighted by molar-refractivity contribution is 6.01. The number of ketones is 4. The molecule has 2 aromatic carbocycles. The molecule has 0 N–H and O–H groups in total. The molecule has 1 aliphatic rings. The summed E-state index contributed by atoms with van der Waals surface area (Å²) in [4.78, 5) is 52.4. The van der Waals surface area contributed by atoms with Crippen LogP contribution in [0.4, 0.5) is 0 Å². The van der Waals surface area contributed by atoms with Crippen LogP contribution < -0.4 is 0 Å². The molecule has 4 heteroatoms. The molecule has 3 rings (SSSR count). The molecule has 0 amide bonds. The van der Waals surface area contributed by atoms with Crippen molar-refractivity contribution >= 4 is 23.1 Å². The van der Waals surface area contributed by atoms with E-state index >= 15 is 0 Å². The van der Waals surface area contributed by atoms with Gasteiger partial charge < -0.3 is 0 Å². The summed E-state index contributed by atoms with van der Waals surface area (Å²) in [5, 5.41) is 0. The highest BCUT2D eigenvalue weighted by Gasteiger charge is 2.35. The zero-order valence-corrected chi connectivity index (χ0v) is 31.6. The number of Topliss-reactive ketones (excluding diaryl/α,β-unsaturated/α-hetero) is 4. The third-order valence-corrected chi connectivity index (χ3v) is 10.4. The standard InChI is InChI=1S/C43H62O4/c1-13-15-31(36(14-2)39(46)16-27(5)44)17-29-21-38-37(26(3)4)24-32(28(6)41(38)40(47)22-29)23-35(45)20-30-18-33(42(7,8)9)25-34(19-30)43(10,11)12/h18-19,24-26,29,31,36H,13-17,20-23H2,1-12H3. The Morgan fingerprint density at radius 1 is 0.872 bits per heavy atom. The lowest BCUT2D eigenvalue weighted by Gasteiger charge is -2.33. The molecule has 0 radical (unpaired) electrons. The fourth-order valence-electron chi connectivity index (χ4n) is 7.75. The molecular weight excluding hydrogens is 580 g/mol. The molecule has 0 aromatic heterocycles. The Labute approximate surface area is 285 Å². The smallest absolute Gasteiger partial charge is 0.163 e. The normalized spacial score (nSPS) is 16.6. The van der Waals surface area contributed by atoms with Gasteiger partial charge in [-0.25, -0.2) is 0 Å². The van der Waals surface area contributed by atoms with Crippen LogP contribution in [0.25, 0.3) is 0 Å². The van der Waals surface area contributed by atoms with Crippen molar-refractivity contribution in [2.24, 2.45) is 17.8 Å². The number of hydrogen-bond acceptors (Lipinski definition) is 4. The van der Waals surface area contributed by atoms with Gasteiger partial charge in [0.2, 0.25) is 0 Å². The monoisotopic (exact) mass is 642 g/mol. The first-order valence-electron chi connectivity index (χ1n) is 18.1. The van der Waals surface area contributed by atoms with Gasteiger partial charge >= 0.3 is 0 Å². The zero-order chi connectivity index (χ0) is 35.4. The summed E-state index contributed by atoms with van der Waals surface area (Å²) in [6.07, 6.45) is 5.41. The number of rotatable bonds is 14. The Bertz CT molecular complexity index is 1440. The van der Waals surface area contributed by atoms with Gasteiger partial charge in [0.05, 0.1) is 6.42 Å². The van der Waals surface area contributed by atoms with Crippen LogP contribution in [-0.4, -0.2) is 23.1 Å². The largest absolute Gasteiger partial charge is 0.300 e. The molecule has 4 nitrogen and oxygen atoms in total. The fourth-order valence-corrected chi connectivity index (χ4v) is 7.75. The van der Waals surface area contributed by atoms with Crippen molar-refractivity contribution in [1.29, 1.82) is 0 Å². The van der Waals surface area contributed by atoms with Gasteiger partial charge in [0.15, 0.2) is 5.78 Å². The van der Waals surface area contributed by atoms with Crippen LogP contribution >= 0.6 is 0 Å². The van der Waals surface area contributed by atoms with Crippen LogP contribution in [0.5, 0.6) is 0 Å². The van der Waals surface area contributed by atoms with Crippen molar-refractivity contribution in [3.63, 3.8) is 0 Å². The number of benzene rings is 2. The maximum absolute atomic E-state index is 13.9. The minimum absolute atomic E-state index is 0.00309. The summed E-state index contributed by atoms with van der Waals surface area (Å²) in [6.45, 7) is 25.3. The first-order valence-corrected chi connectivity index (χ1v) is 18.1. The van der Waals surface area contributed by atoms with E-state index in [0.717, 1.165) is 59.9 Å². The lowest BCUT2D eigenvalue weighted by molar-refractivity contribution is -0.130. The zero-order valence-electron chi connectivity index (χ0n) is 31.6. The van der Waals surface area contributed by atoms with Gasteiger partial charge in [0, 0.05) is 30.7 Å². The van der Waals surface area contributed by atoms with Crippen molar-refractivity contribution in [2.75, 3.05) is 0 Å². The van der Waals surface area contributed by atoms with E-state index in [1.54, 1.807) is 0 Å². The van der Waals surface area contributed by atoms with E-state index in [0.29, 0.717) is 19.3 Å². The molecule has 0 aliphatic heterocycles. The molecule has 0 saturated carbocycles. The lowest BCUT2D eigenvalue weighted by Crippen LogP contribution is -2.30. The molecule has 1 aliphatic carbocycles. The number of carbonyl (C=O) groups is 4. The molecule has 2 aromatic rings. The molecule has 0 bridgehead atoms. The maximum atomic E-state index is 13.9. The summed E-state index contributed by atoms with van der Waals surface area (Å²) >= 11 is 0. The van der Waals surface area contributed by atoms with Crippen molar-refractivity contribution in [1.82, 2.24) is 0 Å². The maximum Gasteiger partial charge on any atom is 0.163 e. The van der Waals surface area contributed by atoms with E-state index in [9.17, 15) is 19.2 Å². The van der Waals surface area contributed by atoms with Gasteiger partial charge in [-0.2, -0.15) is 0 Å². The van der Waals surface area contributed by atoms with Gasteiger partial charge in [0.25, 0.3) is 0 Å². The molecular formula is C43H62O4. The second kappa shape index (κ2) is 15.6. The number of hydrogen-bond donors (Lipinski definition) is 0. The Hall–Kier alpha value is -2.88. The van der Waals surface area contributed by atoms with Gasteiger partial charge in [-0.15, -0.1) is 0 Å². The molecule has 0 spiro atoms. The van der Waals surface area contributed by atoms with Crippen LogP contribution in [0.3, 0.4) is 0 Å². The topological polar surface area (TPSA) is 68.3 Å². The molecule has 3 atom stereocenters. The van der Waals surface area contributed by atoms with Crippen molar-refractivity contribution in [3.05, 3.63) is 68.8 Å². The predicted octanol–water partition coefficient (Wildman–Crippen LogP) is 10.2. The second-order valence-electron chi connectivity index (χ2n) is 16.9. The minimum atomic E-state index is -0.140. The second-order valence-corrected chi connectivity index (χ2v) is 16.9. The molecule has 3 unspecified atom stereocenters. The first kappa shape index (κ1) is 38.6. The van der Waals surface area contributed by atoms with E-state index in [2.05, 4.69) is 86.6 Å². The summed E-state index contributed by atoms with van der Waals surface area (Å²) in [5.41, 5.74) is 8.57. The highest BCUT2D eigenvalue weighted by atomic mass is 16.1. The van der Waals surface area contributed by atoms with Crippen molar-refractivity contribution in [2.45, 2.75) is 158 Å². The SMILES string of the molecule is CCCC(CC1CC(=O)c2c(C)c(CC(=O)Cc3cc(C(C)(C)C)cc(C(C)(C)C)c3)cc(C(C)C)c2C1)C(CC)C(=O)CC(C)=O. The van der Waals surface area contributed by atoms with E-state index in [4.69, 9.17) is 0 Å². The minimum Gasteiger partial charge on any atom is -0.300 e. The third kappa shape index (κ3) is 9.83. The molecule has 258 valence electrons. The van der Waals surface area contributed by atoms with Gasteiger partial charge in [-0.3, -0.25) is 19.2 Å². The summed E-state index contributed by atoms with van der Waals surface area (Å²) < 4.78 is 0. The van der Waals surface area contributed by atoms with E-state index in [-0.39, 0.29) is 64.1 Å². The molecule has 0 fully saturated rings. The third-order valence-electron chi connectivity index (χ3n) is 10.4. The van der Waals surface area contributed by atoms with E-state index in [1.807, 2.05) is 13.8 Å². The van der Waals surface area contributed by atoms with Crippen LogP contribution in [0.2, 0.25) is 0 Å². The quantitative estimate of drug-likeness (QED) is 0.192. The van der Waals surface area contributed by atoms with Crippen molar-refractivity contribution < 1.29 is 19.2 Å². The van der Waals surface area contributed by atoms with E-state index < -0.39 is 0 Å². The van der Waals surface area contributed by atoms with E-state index in [1.165, 1.54) is 23.6 Å². The van der Waals surface area contributed by atoms with Crippen molar-refractivity contribution in [3.8, 4) is 0 Å². The van der Waals surface area contributed by atoms with Crippen LogP contribution in [-0.2, 0) is 44.5 Å². The summed E-state index contributed by atoms with van der Waals surface area (Å²) in [7, 11) is 0. The average Bonchev–Trinajstić information content (AvgIpc) is 2.93. The van der Waals surface area contributed by atoms with Crippen LogP contribution in [0, 0.1) is 24.7 Å². The Kier molecular flexibility index (Phi) is 12.8. The number of carbonyl (C=O) groups excluding carboxylic acids is 4.